The second-order valence-electron chi connectivity index (χ2n) is 4.22. The van der Waals surface area contributed by atoms with Crippen LogP contribution in [0.3, 0.4) is 0 Å². The molecule has 19 heavy (non-hydrogen) atoms. The molecule has 5 heteroatoms. The van der Waals surface area contributed by atoms with Crippen LogP contribution in [-0.4, -0.2) is 11.1 Å². The van der Waals surface area contributed by atoms with E-state index in [1.54, 1.807) is 23.5 Å². The molecule has 0 aliphatic carbocycles. The minimum absolute atomic E-state index is 0.291. The molecule has 1 aromatic heterocycles. The number of carboxylic acids is 1. The number of aryl methyl sites for hydroxylation is 2. The standard InChI is InChI=1S/C14H13BrO3S/c1-8-5-10(14(16)17)6-9(2)13(8)18-7-12-11(15)3-4-19-12/h3-6H,7H2,1-2H3,(H,16,17). The van der Waals surface area contributed by atoms with Crippen LogP contribution in [0.1, 0.15) is 26.4 Å². The van der Waals surface area contributed by atoms with E-state index in [2.05, 4.69) is 15.9 Å². The molecule has 0 fully saturated rings. The molecule has 1 aromatic carbocycles. The lowest BCUT2D eigenvalue weighted by Crippen LogP contribution is -2.02. The van der Waals surface area contributed by atoms with Crippen molar-refractivity contribution in [2.75, 3.05) is 0 Å². The number of thiophene rings is 1. The Labute approximate surface area is 124 Å². The van der Waals surface area contributed by atoms with Crippen LogP contribution in [0, 0.1) is 13.8 Å². The smallest absolute Gasteiger partial charge is 0.335 e. The first kappa shape index (κ1) is 14.1. The summed E-state index contributed by atoms with van der Waals surface area (Å²) in [7, 11) is 0. The summed E-state index contributed by atoms with van der Waals surface area (Å²) in [6.07, 6.45) is 0. The molecule has 0 aliphatic rings. The van der Waals surface area contributed by atoms with E-state index in [0.717, 1.165) is 26.2 Å². The van der Waals surface area contributed by atoms with Gasteiger partial charge >= 0.3 is 5.97 Å². The van der Waals surface area contributed by atoms with Crippen LogP contribution in [0.25, 0.3) is 0 Å². The number of hydrogen-bond acceptors (Lipinski definition) is 3. The minimum atomic E-state index is -0.918. The first-order chi connectivity index (χ1) is 8.99. The number of aromatic carboxylic acids is 1. The monoisotopic (exact) mass is 340 g/mol. The normalized spacial score (nSPS) is 10.5. The van der Waals surface area contributed by atoms with Gasteiger partial charge in [-0.1, -0.05) is 0 Å². The topological polar surface area (TPSA) is 46.5 Å². The van der Waals surface area contributed by atoms with Gasteiger partial charge in [-0.15, -0.1) is 11.3 Å². The van der Waals surface area contributed by atoms with Gasteiger partial charge in [0.15, 0.2) is 0 Å². The minimum Gasteiger partial charge on any atom is -0.487 e. The molecule has 0 saturated carbocycles. The fourth-order valence-corrected chi connectivity index (χ4v) is 3.25. The molecule has 3 nitrogen and oxygen atoms in total. The molecule has 0 amide bonds. The van der Waals surface area contributed by atoms with Crippen LogP contribution in [0.4, 0.5) is 0 Å². The van der Waals surface area contributed by atoms with Crippen molar-refractivity contribution < 1.29 is 14.6 Å². The first-order valence-electron chi connectivity index (χ1n) is 5.68. The lowest BCUT2D eigenvalue weighted by molar-refractivity contribution is 0.0696. The lowest BCUT2D eigenvalue weighted by Gasteiger charge is -2.12. The van der Waals surface area contributed by atoms with Crippen molar-refractivity contribution in [2.45, 2.75) is 20.5 Å². The Kier molecular flexibility index (Phi) is 4.27. The molecule has 0 bridgehead atoms. The van der Waals surface area contributed by atoms with E-state index in [-0.39, 0.29) is 0 Å². The average molecular weight is 341 g/mol. The summed E-state index contributed by atoms with van der Waals surface area (Å²) in [6.45, 7) is 4.20. The Hall–Kier alpha value is -1.33. The van der Waals surface area contributed by atoms with E-state index < -0.39 is 5.97 Å². The van der Waals surface area contributed by atoms with Crippen molar-refractivity contribution in [2.24, 2.45) is 0 Å². The highest BCUT2D eigenvalue weighted by molar-refractivity contribution is 9.10. The molecular weight excluding hydrogens is 328 g/mol. The van der Waals surface area contributed by atoms with Gasteiger partial charge in [-0.2, -0.15) is 0 Å². The molecule has 1 heterocycles. The quantitative estimate of drug-likeness (QED) is 0.896. The maximum Gasteiger partial charge on any atom is 0.335 e. The van der Waals surface area contributed by atoms with Crippen LogP contribution in [0.5, 0.6) is 5.75 Å². The highest BCUT2D eigenvalue weighted by Gasteiger charge is 2.11. The van der Waals surface area contributed by atoms with Crippen molar-refractivity contribution >= 4 is 33.2 Å². The van der Waals surface area contributed by atoms with Crippen molar-refractivity contribution in [3.8, 4) is 5.75 Å². The zero-order valence-corrected chi connectivity index (χ0v) is 13.0. The van der Waals surface area contributed by atoms with Crippen molar-refractivity contribution in [1.29, 1.82) is 0 Å². The van der Waals surface area contributed by atoms with Gasteiger partial charge in [0, 0.05) is 4.47 Å². The SMILES string of the molecule is Cc1cc(C(=O)O)cc(C)c1OCc1sccc1Br. The number of hydrogen-bond donors (Lipinski definition) is 1. The van der Waals surface area contributed by atoms with Crippen LogP contribution in [0.2, 0.25) is 0 Å². The second kappa shape index (κ2) is 5.75. The number of carboxylic acid groups (broad SMARTS) is 1. The summed E-state index contributed by atoms with van der Waals surface area (Å²) in [4.78, 5) is 12.1. The van der Waals surface area contributed by atoms with E-state index in [0.29, 0.717) is 12.2 Å². The summed E-state index contributed by atoms with van der Waals surface area (Å²) < 4.78 is 6.85. The summed E-state index contributed by atoms with van der Waals surface area (Å²) in [6, 6.07) is 5.25. The largest absolute Gasteiger partial charge is 0.487 e. The number of carbonyl (C=O) groups is 1. The van der Waals surface area contributed by atoms with Crippen molar-refractivity contribution in [3.05, 3.63) is 49.6 Å². The highest BCUT2D eigenvalue weighted by atomic mass is 79.9. The number of benzene rings is 1. The van der Waals surface area contributed by atoms with Gasteiger partial charge in [0.2, 0.25) is 0 Å². The Balaban J connectivity index is 2.21. The number of ether oxygens (including phenoxy) is 1. The average Bonchev–Trinajstić information content (AvgIpc) is 2.73. The third-order valence-electron chi connectivity index (χ3n) is 2.75. The van der Waals surface area contributed by atoms with Gasteiger partial charge in [0.05, 0.1) is 10.4 Å². The molecule has 2 rings (SSSR count). The first-order valence-corrected chi connectivity index (χ1v) is 7.35. The highest BCUT2D eigenvalue weighted by Crippen LogP contribution is 2.28. The fraction of sp³-hybridized carbons (Fsp3) is 0.214. The molecular formula is C14H13BrO3S. The summed E-state index contributed by atoms with van der Waals surface area (Å²) in [5.74, 6) is -0.163. The number of halogens is 1. The summed E-state index contributed by atoms with van der Waals surface area (Å²) in [5, 5.41) is 11.0. The Morgan fingerprint density at radius 3 is 2.47 bits per heavy atom. The predicted molar refractivity (Wildman–Crippen MR) is 79.2 cm³/mol. The molecule has 1 N–H and O–H groups in total. The van der Waals surface area contributed by atoms with Crippen LogP contribution in [0.15, 0.2) is 28.1 Å². The van der Waals surface area contributed by atoms with E-state index in [9.17, 15) is 4.79 Å². The Morgan fingerprint density at radius 1 is 1.37 bits per heavy atom. The third kappa shape index (κ3) is 3.16. The molecule has 0 saturated heterocycles. The molecule has 0 radical (unpaired) electrons. The van der Waals surface area contributed by atoms with Gasteiger partial charge in [0.1, 0.15) is 12.4 Å². The molecule has 0 spiro atoms. The van der Waals surface area contributed by atoms with Crippen molar-refractivity contribution in [1.82, 2.24) is 0 Å². The molecule has 0 atom stereocenters. The van der Waals surface area contributed by atoms with Crippen LogP contribution >= 0.6 is 27.3 Å². The van der Waals surface area contributed by atoms with Gasteiger partial charge in [-0.05, 0) is 64.5 Å². The molecule has 0 aliphatic heterocycles. The zero-order valence-electron chi connectivity index (χ0n) is 10.6. The van der Waals surface area contributed by atoms with Crippen LogP contribution in [-0.2, 0) is 6.61 Å². The Bertz CT molecular complexity index is 596. The maximum atomic E-state index is 11.0. The van der Waals surface area contributed by atoms with E-state index in [1.807, 2.05) is 25.3 Å². The predicted octanol–water partition coefficient (Wildman–Crippen LogP) is 4.40. The number of rotatable bonds is 4. The van der Waals surface area contributed by atoms with E-state index in [1.165, 1.54) is 0 Å². The summed E-state index contributed by atoms with van der Waals surface area (Å²) in [5.41, 5.74) is 1.97. The van der Waals surface area contributed by atoms with Gasteiger partial charge in [0.25, 0.3) is 0 Å². The van der Waals surface area contributed by atoms with E-state index >= 15 is 0 Å². The van der Waals surface area contributed by atoms with Gasteiger partial charge in [-0.25, -0.2) is 4.79 Å². The Morgan fingerprint density at radius 2 is 2.00 bits per heavy atom. The maximum absolute atomic E-state index is 11.0. The summed E-state index contributed by atoms with van der Waals surface area (Å²) >= 11 is 5.08. The lowest BCUT2D eigenvalue weighted by atomic mass is 10.1. The van der Waals surface area contributed by atoms with E-state index in [4.69, 9.17) is 9.84 Å². The van der Waals surface area contributed by atoms with Crippen molar-refractivity contribution in [3.63, 3.8) is 0 Å². The fourth-order valence-electron chi connectivity index (χ4n) is 1.87. The molecule has 2 aromatic rings. The second-order valence-corrected chi connectivity index (χ2v) is 6.08. The zero-order chi connectivity index (χ0) is 14.0. The van der Waals surface area contributed by atoms with Gasteiger partial charge < -0.3 is 9.84 Å². The molecule has 0 unspecified atom stereocenters. The molecule has 100 valence electrons. The third-order valence-corrected chi connectivity index (χ3v) is 4.65. The van der Waals surface area contributed by atoms with Gasteiger partial charge in [-0.3, -0.25) is 0 Å². The van der Waals surface area contributed by atoms with Crippen LogP contribution < -0.4 is 4.74 Å².